The average molecular weight is 485 g/mol. The van der Waals surface area contributed by atoms with E-state index in [1.807, 2.05) is 0 Å². The van der Waals surface area contributed by atoms with Gasteiger partial charge in [0.05, 0.1) is 5.92 Å². The normalized spacial score (nSPS) is 27.2. The smallest absolute Gasteiger partial charge is 0.242 e. The maximum absolute atomic E-state index is 13.2. The van der Waals surface area contributed by atoms with Crippen molar-refractivity contribution in [1.82, 2.24) is 20.3 Å². The lowest BCUT2D eigenvalue weighted by molar-refractivity contribution is -0.126. The molecule has 2 amide bonds. The Balaban J connectivity index is 1.63. The third kappa shape index (κ3) is 5.56. The fourth-order valence-electron chi connectivity index (χ4n) is 5.90. The van der Waals surface area contributed by atoms with Gasteiger partial charge in [-0.25, -0.2) is 13.1 Å². The highest BCUT2D eigenvalue weighted by molar-refractivity contribution is 7.91. The van der Waals surface area contributed by atoms with Crippen molar-refractivity contribution in [2.45, 2.75) is 102 Å². The van der Waals surface area contributed by atoms with Crippen LogP contribution in [0.25, 0.3) is 0 Å². The van der Waals surface area contributed by atoms with Gasteiger partial charge < -0.3 is 15.5 Å². The van der Waals surface area contributed by atoms with Gasteiger partial charge in [0.2, 0.25) is 21.8 Å². The summed E-state index contributed by atoms with van der Waals surface area (Å²) in [6.07, 6.45) is 7.23. The van der Waals surface area contributed by atoms with Crippen LogP contribution in [-0.4, -0.2) is 68.1 Å². The molecule has 1 aliphatic heterocycles. The van der Waals surface area contributed by atoms with E-state index in [2.05, 4.69) is 34.2 Å². The van der Waals surface area contributed by atoms with Crippen molar-refractivity contribution in [3.05, 3.63) is 0 Å². The second-order valence-electron chi connectivity index (χ2n) is 11.7. The predicted molar refractivity (Wildman–Crippen MR) is 130 cm³/mol. The molecule has 0 unspecified atom stereocenters. The van der Waals surface area contributed by atoms with Crippen molar-refractivity contribution in [3.8, 4) is 0 Å². The average Bonchev–Trinajstić information content (AvgIpc) is 3.28. The van der Waals surface area contributed by atoms with E-state index in [0.717, 1.165) is 51.5 Å². The largest absolute Gasteiger partial charge is 0.355 e. The molecule has 3 rings (SSSR count). The van der Waals surface area contributed by atoms with Crippen molar-refractivity contribution in [2.75, 3.05) is 26.7 Å². The number of carbonyl (C=O) groups is 2. The van der Waals surface area contributed by atoms with Crippen LogP contribution in [0.4, 0.5) is 0 Å². The Morgan fingerprint density at radius 3 is 2.12 bits per heavy atom. The first-order valence-corrected chi connectivity index (χ1v) is 14.1. The summed E-state index contributed by atoms with van der Waals surface area (Å²) in [5.74, 6) is -0.275. The summed E-state index contributed by atoms with van der Waals surface area (Å²) in [6.45, 7) is 9.36. The van der Waals surface area contributed by atoms with E-state index in [1.165, 1.54) is 0 Å². The van der Waals surface area contributed by atoms with Crippen LogP contribution in [-0.2, 0) is 19.6 Å². The lowest BCUT2D eigenvalue weighted by Crippen LogP contribution is -2.63. The monoisotopic (exact) mass is 484 g/mol. The molecule has 33 heavy (non-hydrogen) atoms. The van der Waals surface area contributed by atoms with Gasteiger partial charge in [-0.1, -0.05) is 19.8 Å². The number of nitrogens with zero attached hydrogens (tertiary/aromatic N) is 1. The molecule has 3 fully saturated rings. The van der Waals surface area contributed by atoms with Crippen LogP contribution < -0.4 is 15.4 Å². The molecule has 190 valence electrons. The second-order valence-corrected chi connectivity index (χ2v) is 13.7. The van der Waals surface area contributed by atoms with Gasteiger partial charge in [-0.3, -0.25) is 9.59 Å². The summed E-state index contributed by atoms with van der Waals surface area (Å²) in [4.78, 5) is 28.4. The van der Waals surface area contributed by atoms with E-state index in [1.54, 1.807) is 20.8 Å². The predicted octanol–water partition coefficient (Wildman–Crippen LogP) is 2.15. The molecule has 1 saturated heterocycles. The van der Waals surface area contributed by atoms with Crippen LogP contribution in [0.2, 0.25) is 0 Å². The molecule has 8 nitrogen and oxygen atoms in total. The quantitative estimate of drug-likeness (QED) is 0.465. The van der Waals surface area contributed by atoms with Crippen LogP contribution in [0.1, 0.15) is 85.5 Å². The van der Waals surface area contributed by atoms with E-state index < -0.39 is 26.2 Å². The molecule has 2 aliphatic carbocycles. The number of sulfonamides is 1. The summed E-state index contributed by atoms with van der Waals surface area (Å²) in [5.41, 5.74) is -0.840. The van der Waals surface area contributed by atoms with Gasteiger partial charge in [0, 0.05) is 30.1 Å². The molecule has 0 aromatic rings. The number of amides is 2. The SMILES string of the molecule is CC[C@@H]1[C@@H](C(=O)NCC2(CNC(=O)C3(S(=O)(=O)NC(C)(C)C)CCC3)CCCC2)CCN1C. The van der Waals surface area contributed by atoms with Gasteiger partial charge >= 0.3 is 0 Å². The molecule has 0 bridgehead atoms. The molecule has 2 saturated carbocycles. The molecule has 0 aromatic heterocycles. The number of hydrogen-bond acceptors (Lipinski definition) is 5. The highest BCUT2D eigenvalue weighted by atomic mass is 32.2. The third-order valence-electron chi connectivity index (χ3n) is 8.03. The Kier molecular flexibility index (Phi) is 7.86. The van der Waals surface area contributed by atoms with Crippen molar-refractivity contribution < 1.29 is 18.0 Å². The highest BCUT2D eigenvalue weighted by Crippen LogP contribution is 2.41. The van der Waals surface area contributed by atoms with Crippen LogP contribution in [0.5, 0.6) is 0 Å². The lowest BCUT2D eigenvalue weighted by Gasteiger charge is -2.42. The number of nitrogens with one attached hydrogen (secondary N) is 3. The van der Waals surface area contributed by atoms with E-state index in [9.17, 15) is 18.0 Å². The third-order valence-corrected chi connectivity index (χ3v) is 10.5. The number of hydrogen-bond donors (Lipinski definition) is 3. The zero-order valence-corrected chi connectivity index (χ0v) is 21.9. The van der Waals surface area contributed by atoms with E-state index in [4.69, 9.17) is 0 Å². The van der Waals surface area contributed by atoms with Crippen molar-refractivity contribution in [3.63, 3.8) is 0 Å². The Labute approximate surface area is 200 Å². The first-order valence-electron chi connectivity index (χ1n) is 12.6. The number of carbonyl (C=O) groups excluding carboxylic acids is 2. The van der Waals surface area contributed by atoms with Gasteiger partial charge in [0.15, 0.2) is 4.75 Å². The minimum Gasteiger partial charge on any atom is -0.355 e. The van der Waals surface area contributed by atoms with Crippen LogP contribution in [0.15, 0.2) is 0 Å². The van der Waals surface area contributed by atoms with Gasteiger partial charge in [-0.2, -0.15) is 0 Å². The van der Waals surface area contributed by atoms with E-state index in [-0.39, 0.29) is 23.3 Å². The zero-order valence-electron chi connectivity index (χ0n) is 21.1. The first-order chi connectivity index (χ1) is 15.3. The maximum atomic E-state index is 13.2. The van der Waals surface area contributed by atoms with Gasteiger partial charge in [0.25, 0.3) is 0 Å². The molecule has 0 spiro atoms. The maximum Gasteiger partial charge on any atom is 0.242 e. The van der Waals surface area contributed by atoms with Gasteiger partial charge in [-0.15, -0.1) is 0 Å². The summed E-state index contributed by atoms with van der Waals surface area (Å²) < 4.78 is 27.5. The van der Waals surface area contributed by atoms with Crippen LogP contribution >= 0.6 is 0 Å². The van der Waals surface area contributed by atoms with Crippen LogP contribution in [0, 0.1) is 11.3 Å². The van der Waals surface area contributed by atoms with E-state index in [0.29, 0.717) is 25.9 Å². The molecular formula is C24H44N4O4S. The summed E-state index contributed by atoms with van der Waals surface area (Å²) in [7, 11) is -1.72. The zero-order chi connectivity index (χ0) is 24.5. The fourth-order valence-corrected chi connectivity index (χ4v) is 8.05. The Morgan fingerprint density at radius 2 is 1.61 bits per heavy atom. The van der Waals surface area contributed by atoms with Crippen molar-refractivity contribution in [1.29, 1.82) is 0 Å². The van der Waals surface area contributed by atoms with Crippen molar-refractivity contribution >= 4 is 21.8 Å². The molecule has 1 heterocycles. The minimum absolute atomic E-state index is 0.0138. The van der Waals surface area contributed by atoms with Gasteiger partial charge in [0.1, 0.15) is 0 Å². The fraction of sp³-hybridized carbons (Fsp3) is 0.917. The van der Waals surface area contributed by atoms with Gasteiger partial charge in [-0.05, 0) is 79.3 Å². The second kappa shape index (κ2) is 9.82. The standard InChI is InChI=1S/C24H44N4O4S/c1-6-19-18(10-15-28(19)5)20(29)25-16-23(11-7-8-12-23)17-26-21(30)24(13-9-14-24)33(31,32)27-22(2,3)4/h18-19,27H,6-17H2,1-5H3,(H,25,29)(H,26,30)/t18-,19+/m0/s1. The topological polar surface area (TPSA) is 108 Å². The van der Waals surface area contributed by atoms with Crippen molar-refractivity contribution in [2.24, 2.45) is 11.3 Å². The van der Waals surface area contributed by atoms with E-state index >= 15 is 0 Å². The Hall–Kier alpha value is -1.19. The summed E-state index contributed by atoms with van der Waals surface area (Å²) in [5, 5.41) is 6.20. The minimum atomic E-state index is -3.80. The number of likely N-dealkylation sites (tertiary alicyclic amines) is 1. The molecule has 0 radical (unpaired) electrons. The molecular weight excluding hydrogens is 440 g/mol. The molecule has 3 N–H and O–H groups in total. The highest BCUT2D eigenvalue weighted by Gasteiger charge is 2.56. The lowest BCUT2D eigenvalue weighted by atomic mass is 9.82. The Bertz CT molecular complexity index is 826. The first kappa shape index (κ1) is 26.4. The molecule has 0 aromatic carbocycles. The molecule has 3 aliphatic rings. The summed E-state index contributed by atoms with van der Waals surface area (Å²) >= 11 is 0. The summed E-state index contributed by atoms with van der Waals surface area (Å²) in [6, 6.07) is 0.281. The molecule has 2 atom stereocenters. The molecule has 9 heteroatoms. The number of rotatable bonds is 9. The Morgan fingerprint density at radius 1 is 1.00 bits per heavy atom. The van der Waals surface area contributed by atoms with Crippen LogP contribution in [0.3, 0.4) is 0 Å².